The Labute approximate surface area is 181 Å². The Morgan fingerprint density at radius 1 is 1.03 bits per heavy atom. The molecule has 1 aromatic heterocycles. The van der Waals surface area contributed by atoms with Gasteiger partial charge in [-0.15, -0.1) is 0 Å². The van der Waals surface area contributed by atoms with Gasteiger partial charge in [0.2, 0.25) is 0 Å². The van der Waals surface area contributed by atoms with Gasteiger partial charge in [0.25, 0.3) is 11.8 Å². The number of hydrogen-bond acceptors (Lipinski definition) is 7. The van der Waals surface area contributed by atoms with E-state index in [1.165, 1.54) is 19.2 Å². The van der Waals surface area contributed by atoms with E-state index in [0.29, 0.717) is 29.3 Å². The number of hydrogen-bond donors (Lipinski definition) is 2. The zero-order valence-corrected chi connectivity index (χ0v) is 18.1. The van der Waals surface area contributed by atoms with Crippen molar-refractivity contribution in [3.05, 3.63) is 52.8 Å². The first-order valence-electron chi connectivity index (χ1n) is 9.88. The van der Waals surface area contributed by atoms with Crippen molar-refractivity contribution in [3.8, 4) is 11.5 Å². The Balaban J connectivity index is 2.00. The zero-order valence-electron chi connectivity index (χ0n) is 18.1. The summed E-state index contributed by atoms with van der Waals surface area (Å²) in [5.74, 6) is -0.202. The minimum atomic E-state index is -0.471. The van der Waals surface area contributed by atoms with E-state index >= 15 is 0 Å². The van der Waals surface area contributed by atoms with Crippen LogP contribution in [0.1, 0.15) is 46.0 Å². The highest BCUT2D eigenvalue weighted by Gasteiger charge is 2.15. The molecule has 0 atom stereocenters. The maximum absolute atomic E-state index is 12.4. The van der Waals surface area contributed by atoms with Crippen LogP contribution in [0.15, 0.2) is 30.3 Å². The number of nitrogens with zero attached hydrogens (tertiary/aromatic N) is 1. The molecule has 0 bridgehead atoms. The highest BCUT2D eigenvalue weighted by Crippen LogP contribution is 2.28. The van der Waals surface area contributed by atoms with E-state index in [2.05, 4.69) is 15.6 Å². The molecule has 2 aromatic rings. The number of carbonyl (C=O) groups excluding carboxylic acids is 3. The fraction of sp³-hybridized carbons (Fsp3) is 0.364. The first-order chi connectivity index (χ1) is 14.9. The third-order valence-electron chi connectivity index (χ3n) is 4.23. The van der Waals surface area contributed by atoms with Crippen LogP contribution >= 0.6 is 0 Å². The summed E-state index contributed by atoms with van der Waals surface area (Å²) in [6.45, 7) is 6.09. The van der Waals surface area contributed by atoms with E-state index in [-0.39, 0.29) is 37.3 Å². The van der Waals surface area contributed by atoms with E-state index < -0.39 is 5.97 Å². The summed E-state index contributed by atoms with van der Waals surface area (Å²) in [5, 5.41) is 5.42. The van der Waals surface area contributed by atoms with Crippen molar-refractivity contribution in [3.63, 3.8) is 0 Å². The van der Waals surface area contributed by atoms with Crippen molar-refractivity contribution >= 4 is 17.8 Å². The van der Waals surface area contributed by atoms with Gasteiger partial charge in [0, 0.05) is 13.1 Å². The molecule has 0 aliphatic rings. The molecule has 31 heavy (non-hydrogen) atoms. The van der Waals surface area contributed by atoms with Crippen molar-refractivity contribution in [2.75, 3.05) is 26.9 Å². The van der Waals surface area contributed by atoms with Crippen molar-refractivity contribution < 1.29 is 28.6 Å². The highest BCUT2D eigenvalue weighted by molar-refractivity contribution is 5.95. The predicted molar refractivity (Wildman–Crippen MR) is 113 cm³/mol. The molecule has 0 radical (unpaired) electrons. The summed E-state index contributed by atoms with van der Waals surface area (Å²) in [6, 6.07) is 8.16. The van der Waals surface area contributed by atoms with E-state index in [9.17, 15) is 14.4 Å². The molecule has 2 amide bonds. The first-order valence-corrected chi connectivity index (χ1v) is 9.88. The molecule has 1 aromatic carbocycles. The lowest BCUT2D eigenvalue weighted by atomic mass is 10.1. The second-order valence-corrected chi connectivity index (χ2v) is 6.46. The van der Waals surface area contributed by atoms with Crippen LogP contribution in [0.25, 0.3) is 0 Å². The van der Waals surface area contributed by atoms with E-state index in [1.807, 2.05) is 6.92 Å². The molecule has 0 aliphatic carbocycles. The number of benzene rings is 1. The molecule has 166 valence electrons. The molecule has 0 saturated carbocycles. The summed E-state index contributed by atoms with van der Waals surface area (Å²) >= 11 is 0. The predicted octanol–water partition coefficient (Wildman–Crippen LogP) is 2.02. The van der Waals surface area contributed by atoms with E-state index in [4.69, 9.17) is 14.2 Å². The Hall–Kier alpha value is -3.62. The van der Waals surface area contributed by atoms with E-state index in [1.54, 1.807) is 32.0 Å². The third-order valence-corrected chi connectivity index (χ3v) is 4.23. The maximum Gasteiger partial charge on any atom is 0.339 e. The summed E-state index contributed by atoms with van der Waals surface area (Å²) in [5.41, 5.74) is 1.71. The van der Waals surface area contributed by atoms with Crippen LogP contribution in [0.5, 0.6) is 11.5 Å². The summed E-state index contributed by atoms with van der Waals surface area (Å²) < 4.78 is 15.8. The van der Waals surface area contributed by atoms with Gasteiger partial charge in [-0.2, -0.15) is 0 Å². The topological polar surface area (TPSA) is 116 Å². The fourth-order valence-corrected chi connectivity index (χ4v) is 2.72. The molecule has 2 N–H and O–H groups in total. The molecule has 2 rings (SSSR count). The third kappa shape index (κ3) is 6.70. The lowest BCUT2D eigenvalue weighted by molar-refractivity contribution is -0.123. The fourth-order valence-electron chi connectivity index (χ4n) is 2.72. The smallest absolute Gasteiger partial charge is 0.339 e. The highest BCUT2D eigenvalue weighted by atomic mass is 16.5. The summed E-state index contributed by atoms with van der Waals surface area (Å²) in [6.07, 6.45) is 0. The molecular weight excluding hydrogens is 402 g/mol. The average Bonchev–Trinajstić information content (AvgIpc) is 2.76. The standard InChI is InChI=1S/C22H27N3O6/c1-5-23-20(26)13-31-18-10-7-15(11-19(18)29-4)12-24-21(27)17-9-8-16(14(3)25-17)22(28)30-6-2/h7-11H,5-6,12-13H2,1-4H3,(H,23,26)(H,24,27). The van der Waals surface area contributed by atoms with Gasteiger partial charge < -0.3 is 24.8 Å². The van der Waals surface area contributed by atoms with Crippen molar-refractivity contribution in [2.24, 2.45) is 0 Å². The molecule has 0 fully saturated rings. The normalized spacial score (nSPS) is 10.2. The van der Waals surface area contributed by atoms with Crippen molar-refractivity contribution in [1.82, 2.24) is 15.6 Å². The van der Waals surface area contributed by atoms with Gasteiger partial charge in [-0.05, 0) is 50.6 Å². The first kappa shape index (κ1) is 23.7. The van der Waals surface area contributed by atoms with Crippen LogP contribution in [0.3, 0.4) is 0 Å². The lowest BCUT2D eigenvalue weighted by Crippen LogP contribution is -2.28. The van der Waals surface area contributed by atoms with Gasteiger partial charge in [-0.3, -0.25) is 9.59 Å². The molecular formula is C22H27N3O6. The molecule has 9 nitrogen and oxygen atoms in total. The van der Waals surface area contributed by atoms with Gasteiger partial charge in [0.1, 0.15) is 5.69 Å². The van der Waals surface area contributed by atoms with Crippen LogP contribution in [0.2, 0.25) is 0 Å². The number of likely N-dealkylation sites (N-methyl/N-ethyl adjacent to an activating group) is 1. The Bertz CT molecular complexity index is 945. The van der Waals surface area contributed by atoms with Crippen LogP contribution in [0, 0.1) is 6.92 Å². The second kappa shape index (κ2) is 11.5. The number of nitrogens with one attached hydrogen (secondary N) is 2. The zero-order chi connectivity index (χ0) is 22.8. The lowest BCUT2D eigenvalue weighted by Gasteiger charge is -2.13. The quantitative estimate of drug-likeness (QED) is 0.555. The number of amides is 2. The van der Waals surface area contributed by atoms with Crippen LogP contribution in [-0.2, 0) is 16.1 Å². The van der Waals surface area contributed by atoms with Crippen LogP contribution in [-0.4, -0.2) is 49.6 Å². The minimum Gasteiger partial charge on any atom is -0.493 e. The minimum absolute atomic E-state index is 0.118. The van der Waals surface area contributed by atoms with Crippen LogP contribution < -0.4 is 20.1 Å². The summed E-state index contributed by atoms with van der Waals surface area (Å²) in [4.78, 5) is 40.1. The number of pyridine rings is 1. The maximum atomic E-state index is 12.4. The number of aromatic nitrogens is 1. The van der Waals surface area contributed by atoms with Gasteiger partial charge >= 0.3 is 5.97 Å². The molecule has 0 spiro atoms. The Morgan fingerprint density at radius 3 is 2.45 bits per heavy atom. The second-order valence-electron chi connectivity index (χ2n) is 6.46. The Morgan fingerprint density at radius 2 is 1.81 bits per heavy atom. The van der Waals surface area contributed by atoms with Gasteiger partial charge in [0.15, 0.2) is 18.1 Å². The van der Waals surface area contributed by atoms with Gasteiger partial charge in [-0.1, -0.05) is 6.07 Å². The number of aryl methyl sites for hydroxylation is 1. The number of ether oxygens (including phenoxy) is 3. The molecule has 9 heteroatoms. The molecule has 1 heterocycles. The molecule has 0 unspecified atom stereocenters. The largest absolute Gasteiger partial charge is 0.493 e. The van der Waals surface area contributed by atoms with Crippen LogP contribution in [0.4, 0.5) is 0 Å². The number of methoxy groups -OCH3 is 1. The van der Waals surface area contributed by atoms with Crippen molar-refractivity contribution in [2.45, 2.75) is 27.3 Å². The molecule has 0 aliphatic heterocycles. The average molecular weight is 429 g/mol. The monoisotopic (exact) mass is 429 g/mol. The van der Waals surface area contributed by atoms with Crippen molar-refractivity contribution in [1.29, 1.82) is 0 Å². The van der Waals surface area contributed by atoms with Gasteiger partial charge in [0.05, 0.1) is 25.0 Å². The molecule has 0 saturated heterocycles. The van der Waals surface area contributed by atoms with E-state index in [0.717, 1.165) is 5.56 Å². The van der Waals surface area contributed by atoms with Gasteiger partial charge in [-0.25, -0.2) is 9.78 Å². The number of esters is 1. The number of rotatable bonds is 10. The Kier molecular flexibility index (Phi) is 8.80. The SMILES string of the molecule is CCNC(=O)COc1ccc(CNC(=O)c2ccc(C(=O)OCC)c(C)n2)cc1OC. The number of carbonyl (C=O) groups is 3. The summed E-state index contributed by atoms with van der Waals surface area (Å²) in [7, 11) is 1.49.